The molecule has 208 valence electrons. The average Bonchev–Trinajstić information content (AvgIpc) is 2.96. The van der Waals surface area contributed by atoms with Gasteiger partial charge in [-0.1, -0.05) is 68.7 Å². The fourth-order valence-corrected chi connectivity index (χ4v) is 5.62. The predicted octanol–water partition coefficient (Wildman–Crippen LogP) is 10.8. The number of allylic oxidation sites excluding steroid dienone is 1. The van der Waals surface area contributed by atoms with E-state index in [1.165, 1.54) is 12.1 Å². The lowest BCUT2D eigenvalue weighted by molar-refractivity contribution is 0.285. The first-order valence-corrected chi connectivity index (χ1v) is 14.2. The highest BCUT2D eigenvalue weighted by Gasteiger charge is 2.26. The summed E-state index contributed by atoms with van der Waals surface area (Å²) in [5, 5.41) is 0. The molecule has 3 aromatic rings. The summed E-state index contributed by atoms with van der Waals surface area (Å²) in [5.74, 6) is -3.12. The van der Waals surface area contributed by atoms with Crippen LogP contribution >= 0.6 is 0 Å². The summed E-state index contributed by atoms with van der Waals surface area (Å²) >= 11 is 0. The van der Waals surface area contributed by atoms with E-state index in [9.17, 15) is 8.78 Å². The normalized spacial score (nSPS) is 17.3. The van der Waals surface area contributed by atoms with Gasteiger partial charge in [0.05, 0.1) is 6.61 Å². The Morgan fingerprint density at radius 3 is 1.97 bits per heavy atom. The van der Waals surface area contributed by atoms with Crippen molar-refractivity contribution in [2.24, 2.45) is 5.92 Å². The highest BCUT2D eigenvalue weighted by atomic mass is 19.2. The van der Waals surface area contributed by atoms with Crippen molar-refractivity contribution in [2.45, 2.75) is 77.0 Å². The van der Waals surface area contributed by atoms with E-state index in [1.54, 1.807) is 36.4 Å². The van der Waals surface area contributed by atoms with Crippen LogP contribution in [0, 0.1) is 29.2 Å². The van der Waals surface area contributed by atoms with Crippen LogP contribution in [0.2, 0.25) is 0 Å². The van der Waals surface area contributed by atoms with Crippen molar-refractivity contribution in [3.63, 3.8) is 0 Å². The Morgan fingerprint density at radius 1 is 0.744 bits per heavy atom. The van der Waals surface area contributed by atoms with Crippen LogP contribution in [0.4, 0.5) is 17.6 Å². The van der Waals surface area contributed by atoms with Gasteiger partial charge < -0.3 is 4.74 Å². The van der Waals surface area contributed by atoms with Crippen LogP contribution in [-0.4, -0.2) is 6.61 Å². The molecule has 1 nitrogen and oxygen atoms in total. The van der Waals surface area contributed by atoms with E-state index in [4.69, 9.17) is 4.74 Å². The van der Waals surface area contributed by atoms with E-state index in [0.717, 1.165) is 64.2 Å². The van der Waals surface area contributed by atoms with Crippen molar-refractivity contribution < 1.29 is 22.3 Å². The Balaban J connectivity index is 1.45. The molecule has 0 radical (unpaired) electrons. The van der Waals surface area contributed by atoms with E-state index in [-0.39, 0.29) is 22.8 Å². The molecule has 0 unspecified atom stereocenters. The van der Waals surface area contributed by atoms with Gasteiger partial charge >= 0.3 is 0 Å². The summed E-state index contributed by atoms with van der Waals surface area (Å²) in [4.78, 5) is 0. The molecule has 0 aromatic heterocycles. The summed E-state index contributed by atoms with van der Waals surface area (Å²) in [6.07, 6.45) is 11.7. The van der Waals surface area contributed by atoms with Crippen molar-refractivity contribution in [1.82, 2.24) is 0 Å². The smallest absolute Gasteiger partial charge is 0.201 e. The average molecular weight is 539 g/mol. The number of rotatable bonds is 12. The summed E-state index contributed by atoms with van der Waals surface area (Å²) in [5.41, 5.74) is 1.60. The lowest BCUT2D eigenvalue weighted by Crippen LogP contribution is -2.15. The first-order chi connectivity index (χ1) is 18.9. The highest BCUT2D eigenvalue weighted by molar-refractivity contribution is 5.72. The molecule has 0 spiro atoms. The van der Waals surface area contributed by atoms with Gasteiger partial charge in [-0.2, -0.15) is 4.39 Å². The molecule has 0 atom stereocenters. The first kappa shape index (κ1) is 28.9. The van der Waals surface area contributed by atoms with Gasteiger partial charge in [0, 0.05) is 11.1 Å². The fraction of sp³-hybridized carbons (Fsp3) is 0.412. The van der Waals surface area contributed by atoms with Crippen LogP contribution in [0.15, 0.2) is 61.2 Å². The van der Waals surface area contributed by atoms with Crippen LogP contribution in [0.3, 0.4) is 0 Å². The third-order valence-electron chi connectivity index (χ3n) is 7.99. The van der Waals surface area contributed by atoms with E-state index in [2.05, 4.69) is 13.5 Å². The molecule has 0 amide bonds. The van der Waals surface area contributed by atoms with Gasteiger partial charge in [-0.05, 0) is 85.6 Å². The van der Waals surface area contributed by atoms with Crippen LogP contribution in [0.25, 0.3) is 22.3 Å². The van der Waals surface area contributed by atoms with Gasteiger partial charge in [0.2, 0.25) is 5.82 Å². The van der Waals surface area contributed by atoms with Gasteiger partial charge in [-0.25, -0.2) is 13.2 Å². The number of ether oxygens (including phenoxy) is 1. The highest BCUT2D eigenvalue weighted by Crippen LogP contribution is 2.40. The molecule has 1 aliphatic rings. The van der Waals surface area contributed by atoms with Gasteiger partial charge in [0.15, 0.2) is 23.2 Å². The monoisotopic (exact) mass is 538 g/mol. The molecule has 4 rings (SSSR count). The van der Waals surface area contributed by atoms with Crippen LogP contribution in [0.1, 0.15) is 82.6 Å². The van der Waals surface area contributed by atoms with E-state index in [1.807, 2.05) is 6.08 Å². The summed E-state index contributed by atoms with van der Waals surface area (Å²) in [7, 11) is 0. The summed E-state index contributed by atoms with van der Waals surface area (Å²) < 4.78 is 65.3. The first-order valence-electron chi connectivity index (χ1n) is 14.2. The van der Waals surface area contributed by atoms with Crippen molar-refractivity contribution in [1.29, 1.82) is 0 Å². The fourth-order valence-electron chi connectivity index (χ4n) is 5.62. The molecule has 39 heavy (non-hydrogen) atoms. The third kappa shape index (κ3) is 6.93. The Labute approximate surface area is 229 Å². The molecule has 5 heteroatoms. The summed E-state index contributed by atoms with van der Waals surface area (Å²) in [6, 6.07) is 12.6. The Bertz CT molecular complexity index is 1240. The molecular formula is C34H38F4O. The summed E-state index contributed by atoms with van der Waals surface area (Å²) in [6.45, 7) is 6.22. The van der Waals surface area contributed by atoms with Crippen LogP contribution in [0.5, 0.6) is 5.75 Å². The zero-order valence-corrected chi connectivity index (χ0v) is 22.8. The molecule has 1 aliphatic carbocycles. The molecule has 1 fully saturated rings. The molecular weight excluding hydrogens is 500 g/mol. The minimum absolute atomic E-state index is 0.0251. The molecule has 0 heterocycles. The quantitative estimate of drug-likeness (QED) is 0.127. The van der Waals surface area contributed by atoms with Gasteiger partial charge in [-0.3, -0.25) is 0 Å². The number of halogens is 4. The maximum Gasteiger partial charge on any atom is 0.201 e. The molecule has 0 N–H and O–H groups in total. The van der Waals surface area contributed by atoms with Crippen LogP contribution in [-0.2, 0) is 0 Å². The van der Waals surface area contributed by atoms with Gasteiger partial charge in [-0.15, -0.1) is 6.58 Å². The predicted molar refractivity (Wildman–Crippen MR) is 151 cm³/mol. The minimum Gasteiger partial charge on any atom is -0.490 e. The number of hydrogen-bond donors (Lipinski definition) is 0. The largest absolute Gasteiger partial charge is 0.490 e. The number of unbranched alkanes of at least 4 members (excludes halogenated alkanes) is 3. The SMILES string of the molecule is C=CCCC1CCC(c2ccc(-c3ccc(-c4ccc(OCCCCCC)c(F)c4F)cc3)c(F)c2F)CC1. The van der Waals surface area contributed by atoms with Gasteiger partial charge in [0.25, 0.3) is 0 Å². The van der Waals surface area contributed by atoms with E-state index < -0.39 is 23.3 Å². The minimum atomic E-state index is -1.02. The maximum atomic E-state index is 15.2. The molecule has 0 bridgehead atoms. The zero-order chi connectivity index (χ0) is 27.8. The third-order valence-corrected chi connectivity index (χ3v) is 7.99. The Morgan fingerprint density at radius 2 is 1.36 bits per heavy atom. The molecule has 1 saturated carbocycles. The number of benzene rings is 3. The standard InChI is InChI=1S/C34H38F4O/c1-3-5-7-8-22-39-30-21-20-29(33(37)34(30)38)26-16-14-25(15-17-26)28-19-18-27(31(35)32(28)36)24-12-10-23(11-13-24)9-6-4-2/h4,14-21,23-24H,2-3,5-13,22H2,1H3. The van der Waals surface area contributed by atoms with Crippen molar-refractivity contribution in [3.05, 3.63) is 90.0 Å². The maximum absolute atomic E-state index is 15.2. The second kappa shape index (κ2) is 13.8. The Hall–Kier alpha value is -3.08. The van der Waals surface area contributed by atoms with E-state index in [0.29, 0.717) is 29.2 Å². The molecule has 3 aromatic carbocycles. The van der Waals surface area contributed by atoms with Gasteiger partial charge in [0.1, 0.15) is 0 Å². The van der Waals surface area contributed by atoms with Crippen LogP contribution < -0.4 is 4.74 Å². The lowest BCUT2D eigenvalue weighted by Gasteiger charge is -2.29. The second-order valence-electron chi connectivity index (χ2n) is 10.6. The second-order valence-corrected chi connectivity index (χ2v) is 10.6. The lowest BCUT2D eigenvalue weighted by atomic mass is 9.77. The molecule has 0 aliphatic heterocycles. The topological polar surface area (TPSA) is 9.23 Å². The van der Waals surface area contributed by atoms with Crippen molar-refractivity contribution >= 4 is 0 Å². The molecule has 0 saturated heterocycles. The van der Waals surface area contributed by atoms with Crippen molar-refractivity contribution in [3.8, 4) is 28.0 Å². The number of hydrogen-bond acceptors (Lipinski definition) is 1. The zero-order valence-electron chi connectivity index (χ0n) is 22.8. The van der Waals surface area contributed by atoms with E-state index >= 15 is 8.78 Å². The Kier molecular flexibility index (Phi) is 10.2. The van der Waals surface area contributed by atoms with Crippen molar-refractivity contribution in [2.75, 3.05) is 6.61 Å².